The third-order valence-corrected chi connectivity index (χ3v) is 4.32. The molecule has 1 saturated carbocycles. The highest BCUT2D eigenvalue weighted by molar-refractivity contribution is 5.79. The molecule has 0 aromatic heterocycles. The molecule has 0 spiro atoms. The van der Waals surface area contributed by atoms with E-state index in [1.165, 1.54) is 38.5 Å². The van der Waals surface area contributed by atoms with Crippen LogP contribution in [0.15, 0.2) is 0 Å². The molecule has 4 heteroatoms. The van der Waals surface area contributed by atoms with Crippen molar-refractivity contribution in [1.29, 1.82) is 0 Å². The molecule has 17 heavy (non-hydrogen) atoms. The van der Waals surface area contributed by atoms with Gasteiger partial charge in [0.2, 0.25) is 0 Å². The number of nitrogens with zero attached hydrogens (tertiary/aromatic N) is 1. The number of carbonyl (C=O) groups is 1. The molecule has 1 atom stereocenters. The van der Waals surface area contributed by atoms with Crippen LogP contribution in [-0.4, -0.2) is 40.6 Å². The summed E-state index contributed by atoms with van der Waals surface area (Å²) in [6.07, 6.45) is 9.20. The summed E-state index contributed by atoms with van der Waals surface area (Å²) >= 11 is 0. The van der Waals surface area contributed by atoms with E-state index in [1.807, 2.05) is 0 Å². The Bertz CT molecular complexity index is 275. The minimum Gasteiger partial charge on any atom is -0.480 e. The van der Waals surface area contributed by atoms with E-state index in [9.17, 15) is 9.90 Å². The van der Waals surface area contributed by atoms with Crippen molar-refractivity contribution in [3.8, 4) is 0 Å². The Morgan fingerprint density at radius 1 is 1.18 bits per heavy atom. The van der Waals surface area contributed by atoms with Crippen molar-refractivity contribution in [2.24, 2.45) is 5.73 Å². The molecule has 0 aromatic carbocycles. The van der Waals surface area contributed by atoms with Crippen LogP contribution in [0.25, 0.3) is 0 Å². The van der Waals surface area contributed by atoms with Gasteiger partial charge in [-0.3, -0.25) is 9.69 Å². The first kappa shape index (κ1) is 12.8. The Hall–Kier alpha value is -0.610. The lowest BCUT2D eigenvalue weighted by Crippen LogP contribution is -2.61. The molecule has 0 aromatic rings. The smallest absolute Gasteiger partial charge is 0.325 e. The maximum Gasteiger partial charge on any atom is 0.325 e. The van der Waals surface area contributed by atoms with Crippen LogP contribution in [0.2, 0.25) is 0 Å². The second-order valence-electron chi connectivity index (χ2n) is 5.68. The van der Waals surface area contributed by atoms with Gasteiger partial charge in [-0.2, -0.15) is 0 Å². The number of hydrogen-bond acceptors (Lipinski definition) is 3. The summed E-state index contributed by atoms with van der Waals surface area (Å²) in [4.78, 5) is 13.6. The molecule has 2 rings (SSSR count). The van der Waals surface area contributed by atoms with Crippen molar-refractivity contribution in [1.82, 2.24) is 4.90 Å². The SMILES string of the molecule is NC1(C(=O)O)CCCN(C2CCCCCC2)C1. The fourth-order valence-electron chi connectivity index (χ4n) is 3.23. The molecule has 4 nitrogen and oxygen atoms in total. The predicted octanol–water partition coefficient (Wildman–Crippen LogP) is 1.59. The van der Waals surface area contributed by atoms with Crippen molar-refractivity contribution in [2.45, 2.75) is 62.9 Å². The van der Waals surface area contributed by atoms with Crippen molar-refractivity contribution in [3.05, 3.63) is 0 Å². The number of rotatable bonds is 2. The molecule has 2 fully saturated rings. The summed E-state index contributed by atoms with van der Waals surface area (Å²) in [5.74, 6) is -0.837. The number of aliphatic carboxylic acids is 1. The van der Waals surface area contributed by atoms with Crippen LogP contribution in [0, 0.1) is 0 Å². The molecular formula is C13H24N2O2. The maximum absolute atomic E-state index is 11.2. The van der Waals surface area contributed by atoms with Gasteiger partial charge >= 0.3 is 5.97 Å². The Labute approximate surface area is 103 Å². The summed E-state index contributed by atoms with van der Waals surface area (Å²) in [5, 5.41) is 9.22. The fraction of sp³-hybridized carbons (Fsp3) is 0.923. The lowest BCUT2D eigenvalue weighted by atomic mass is 9.88. The third kappa shape index (κ3) is 2.99. The van der Waals surface area contributed by atoms with Crippen LogP contribution >= 0.6 is 0 Å². The first-order valence-corrected chi connectivity index (χ1v) is 6.88. The molecule has 0 amide bonds. The van der Waals surface area contributed by atoms with E-state index in [2.05, 4.69) is 4.90 Å². The number of likely N-dealkylation sites (tertiary alicyclic amines) is 1. The second-order valence-corrected chi connectivity index (χ2v) is 5.68. The largest absolute Gasteiger partial charge is 0.480 e. The molecule has 0 bridgehead atoms. The monoisotopic (exact) mass is 240 g/mol. The van der Waals surface area contributed by atoms with Crippen LogP contribution < -0.4 is 5.73 Å². The lowest BCUT2D eigenvalue weighted by molar-refractivity contribution is -0.146. The van der Waals surface area contributed by atoms with E-state index in [0.29, 0.717) is 19.0 Å². The number of piperidine rings is 1. The zero-order valence-corrected chi connectivity index (χ0v) is 10.5. The Morgan fingerprint density at radius 2 is 1.82 bits per heavy atom. The van der Waals surface area contributed by atoms with Crippen LogP contribution in [0.5, 0.6) is 0 Å². The topological polar surface area (TPSA) is 66.6 Å². The molecule has 1 saturated heterocycles. The minimum atomic E-state index is -1.01. The Balaban J connectivity index is 1.98. The average molecular weight is 240 g/mol. The van der Waals surface area contributed by atoms with Crippen molar-refractivity contribution < 1.29 is 9.90 Å². The molecule has 1 unspecified atom stereocenters. The first-order chi connectivity index (χ1) is 8.12. The normalized spacial score (nSPS) is 33.2. The van der Waals surface area contributed by atoms with Crippen LogP contribution in [0.3, 0.4) is 0 Å². The predicted molar refractivity (Wildman–Crippen MR) is 66.9 cm³/mol. The molecule has 2 aliphatic rings. The summed E-state index contributed by atoms with van der Waals surface area (Å²) in [6.45, 7) is 1.56. The number of hydrogen-bond donors (Lipinski definition) is 2. The molecule has 0 radical (unpaired) electrons. The zero-order valence-electron chi connectivity index (χ0n) is 10.5. The highest BCUT2D eigenvalue weighted by atomic mass is 16.4. The van der Waals surface area contributed by atoms with Crippen LogP contribution in [-0.2, 0) is 4.79 Å². The molecular weight excluding hydrogens is 216 g/mol. The van der Waals surface area contributed by atoms with Gasteiger partial charge in [0, 0.05) is 12.6 Å². The van der Waals surface area contributed by atoms with E-state index in [0.717, 1.165) is 13.0 Å². The number of nitrogens with two attached hydrogens (primary N) is 1. The fourth-order valence-corrected chi connectivity index (χ4v) is 3.23. The molecule has 1 aliphatic heterocycles. The van der Waals surface area contributed by atoms with Gasteiger partial charge in [0.15, 0.2) is 0 Å². The van der Waals surface area contributed by atoms with Crippen LogP contribution in [0.4, 0.5) is 0 Å². The summed E-state index contributed by atoms with van der Waals surface area (Å²) in [7, 11) is 0. The van der Waals surface area contributed by atoms with Crippen molar-refractivity contribution in [3.63, 3.8) is 0 Å². The Kier molecular flexibility index (Phi) is 4.05. The molecule has 1 aliphatic carbocycles. The van der Waals surface area contributed by atoms with E-state index >= 15 is 0 Å². The maximum atomic E-state index is 11.2. The highest BCUT2D eigenvalue weighted by Gasteiger charge is 2.40. The Morgan fingerprint density at radius 3 is 2.41 bits per heavy atom. The van der Waals surface area contributed by atoms with Gasteiger partial charge < -0.3 is 10.8 Å². The zero-order chi connectivity index (χ0) is 12.3. The van der Waals surface area contributed by atoms with Gasteiger partial charge in [-0.05, 0) is 32.2 Å². The summed E-state index contributed by atoms with van der Waals surface area (Å²) in [6, 6.07) is 0.570. The number of carboxylic acid groups (broad SMARTS) is 1. The first-order valence-electron chi connectivity index (χ1n) is 6.88. The number of carboxylic acids is 1. The quantitative estimate of drug-likeness (QED) is 0.719. The standard InChI is InChI=1S/C13H24N2O2/c14-13(12(16)17)8-5-9-15(10-13)11-6-3-1-2-4-7-11/h11H,1-10,14H2,(H,16,17). The van der Waals surface area contributed by atoms with Gasteiger partial charge in [-0.25, -0.2) is 0 Å². The second kappa shape index (κ2) is 5.36. The van der Waals surface area contributed by atoms with Gasteiger partial charge in [-0.1, -0.05) is 25.7 Å². The van der Waals surface area contributed by atoms with Crippen LogP contribution in [0.1, 0.15) is 51.4 Å². The lowest BCUT2D eigenvalue weighted by Gasteiger charge is -2.41. The van der Waals surface area contributed by atoms with Gasteiger partial charge in [0.1, 0.15) is 5.54 Å². The third-order valence-electron chi connectivity index (χ3n) is 4.32. The van der Waals surface area contributed by atoms with Crippen molar-refractivity contribution >= 4 is 5.97 Å². The van der Waals surface area contributed by atoms with E-state index in [1.54, 1.807) is 0 Å². The molecule has 1 heterocycles. The molecule has 98 valence electrons. The molecule has 3 N–H and O–H groups in total. The van der Waals surface area contributed by atoms with E-state index < -0.39 is 11.5 Å². The minimum absolute atomic E-state index is 0.535. The van der Waals surface area contributed by atoms with E-state index in [4.69, 9.17) is 5.73 Å². The van der Waals surface area contributed by atoms with Gasteiger partial charge in [-0.15, -0.1) is 0 Å². The van der Waals surface area contributed by atoms with Gasteiger partial charge in [0.05, 0.1) is 0 Å². The average Bonchev–Trinajstić information content (AvgIpc) is 2.57. The van der Waals surface area contributed by atoms with Crippen molar-refractivity contribution in [2.75, 3.05) is 13.1 Å². The highest BCUT2D eigenvalue weighted by Crippen LogP contribution is 2.27. The van der Waals surface area contributed by atoms with E-state index in [-0.39, 0.29) is 0 Å². The van der Waals surface area contributed by atoms with Gasteiger partial charge in [0.25, 0.3) is 0 Å². The summed E-state index contributed by atoms with van der Waals surface area (Å²) in [5.41, 5.74) is 4.99. The summed E-state index contributed by atoms with van der Waals surface area (Å²) < 4.78 is 0.